The number of halogens is 6. The normalized spacial score (nSPS) is 35.2. The van der Waals surface area contributed by atoms with E-state index in [1.807, 2.05) is 0 Å². The Morgan fingerprint density at radius 3 is 1.47 bits per heavy atom. The molecule has 3 fully saturated rings. The largest absolute Gasteiger partial charge is 0.490 e. The Hall–Kier alpha value is -1.18. The van der Waals surface area contributed by atoms with Crippen molar-refractivity contribution in [3.05, 3.63) is 24.5 Å². The van der Waals surface area contributed by atoms with Crippen molar-refractivity contribution in [2.24, 2.45) is 29.6 Å². The predicted molar refractivity (Wildman–Crippen MR) is 100 cm³/mol. The van der Waals surface area contributed by atoms with Gasteiger partial charge in [-0.05, 0) is 61.9 Å². The van der Waals surface area contributed by atoms with Crippen LogP contribution in [-0.4, -0.2) is 29.2 Å². The quantitative estimate of drug-likeness (QED) is 0.305. The van der Waals surface area contributed by atoms with Gasteiger partial charge in [-0.1, -0.05) is 38.8 Å². The van der Waals surface area contributed by atoms with E-state index in [1.165, 1.54) is 0 Å². The molecule has 3 aliphatic rings. The number of hydrogen-bond acceptors (Lipinski definition) is 2. The minimum absolute atomic E-state index is 0.229. The molecular weight excluding hydrogens is 410 g/mol. The smallest absolute Gasteiger partial charge is 0.426 e. The zero-order valence-electron chi connectivity index (χ0n) is 17.2. The average molecular weight is 440 g/mol. The number of fused-ring (bicyclic) bond motifs is 2. The van der Waals surface area contributed by atoms with Gasteiger partial charge in [-0.15, -0.1) is 0 Å². The molecule has 3 aliphatic carbocycles. The van der Waals surface area contributed by atoms with Crippen molar-refractivity contribution < 1.29 is 36.2 Å². The molecule has 0 bridgehead atoms. The van der Waals surface area contributed by atoms with E-state index in [2.05, 4.69) is 13.2 Å². The fourth-order valence-electron chi connectivity index (χ4n) is 6.32. The fourth-order valence-corrected chi connectivity index (χ4v) is 6.32. The number of alkyl halides is 6. The van der Waals surface area contributed by atoms with Crippen molar-refractivity contribution in [2.75, 3.05) is 0 Å². The topological polar surface area (TPSA) is 29.5 Å². The van der Waals surface area contributed by atoms with Crippen molar-refractivity contribution in [1.82, 2.24) is 0 Å². The van der Waals surface area contributed by atoms with E-state index < -0.39 is 53.6 Å². The molecule has 2 nitrogen and oxygen atoms in total. The Balaban J connectivity index is 2.11. The van der Waals surface area contributed by atoms with Crippen LogP contribution in [0.15, 0.2) is 24.5 Å². The van der Waals surface area contributed by atoms with E-state index in [0.29, 0.717) is 37.0 Å². The van der Waals surface area contributed by atoms with Crippen LogP contribution in [0.2, 0.25) is 0 Å². The third kappa shape index (κ3) is 3.78. The molecule has 0 heterocycles. The Bertz CT molecular complexity index is 630. The lowest BCUT2D eigenvalue weighted by molar-refractivity contribution is -0.403. The molecule has 0 aromatic carbocycles. The summed E-state index contributed by atoms with van der Waals surface area (Å²) >= 11 is 0. The first-order chi connectivity index (χ1) is 13.8. The standard InChI is InChI=1S/C22H30F6O2/c1-12(2)13(3)30-19-16-10-6-4-8-14(16)18(15-9-5-7-11-17(15)19)20(29,21(23,24)25)22(26,27)28/h14-19,29H,1,3-11H2,2H3. The van der Waals surface area contributed by atoms with Crippen molar-refractivity contribution in [3.8, 4) is 0 Å². The molecule has 0 radical (unpaired) electrons. The number of rotatable bonds is 4. The van der Waals surface area contributed by atoms with Crippen LogP contribution in [0.1, 0.15) is 58.3 Å². The van der Waals surface area contributed by atoms with Crippen molar-refractivity contribution in [2.45, 2.75) is 82.3 Å². The molecule has 0 spiro atoms. The highest BCUT2D eigenvalue weighted by Gasteiger charge is 2.77. The molecule has 3 rings (SSSR count). The van der Waals surface area contributed by atoms with Gasteiger partial charge in [0.1, 0.15) is 11.9 Å². The molecule has 30 heavy (non-hydrogen) atoms. The molecule has 0 aliphatic heterocycles. The lowest BCUT2D eigenvalue weighted by Gasteiger charge is -2.58. The summed E-state index contributed by atoms with van der Waals surface area (Å²) in [6.07, 6.45) is -8.10. The molecule has 3 saturated carbocycles. The van der Waals surface area contributed by atoms with Gasteiger partial charge in [0.05, 0.1) is 0 Å². The molecule has 0 aromatic heterocycles. The fraction of sp³-hybridized carbons (Fsp3) is 0.818. The van der Waals surface area contributed by atoms with Crippen LogP contribution in [0.3, 0.4) is 0 Å². The van der Waals surface area contributed by atoms with Gasteiger partial charge in [0, 0.05) is 5.92 Å². The molecule has 4 atom stereocenters. The highest BCUT2D eigenvalue weighted by molar-refractivity contribution is 5.18. The van der Waals surface area contributed by atoms with Crippen LogP contribution in [-0.2, 0) is 4.74 Å². The maximum Gasteiger partial charge on any atom is 0.426 e. The first kappa shape index (κ1) is 23.5. The zero-order valence-corrected chi connectivity index (χ0v) is 17.2. The maximum atomic E-state index is 13.9. The van der Waals surface area contributed by atoms with Crippen LogP contribution in [0.5, 0.6) is 0 Å². The SMILES string of the molecule is C=C(C)C(=C)OC1C2CCCCC2C(C(O)(C(F)(F)F)C(F)(F)F)C2CCCCC21. The zero-order chi connectivity index (χ0) is 22.5. The van der Waals surface area contributed by atoms with Crippen molar-refractivity contribution >= 4 is 0 Å². The maximum absolute atomic E-state index is 13.9. The summed E-state index contributed by atoms with van der Waals surface area (Å²) < 4.78 is 89.4. The Morgan fingerprint density at radius 2 is 1.13 bits per heavy atom. The number of aliphatic hydroxyl groups is 1. The summed E-state index contributed by atoms with van der Waals surface area (Å²) in [7, 11) is 0. The average Bonchev–Trinajstić information content (AvgIpc) is 2.65. The van der Waals surface area contributed by atoms with Crippen molar-refractivity contribution in [1.29, 1.82) is 0 Å². The van der Waals surface area contributed by atoms with Crippen LogP contribution < -0.4 is 0 Å². The van der Waals surface area contributed by atoms with E-state index in [0.717, 1.165) is 12.8 Å². The third-order valence-electron chi connectivity index (χ3n) is 7.62. The lowest BCUT2D eigenvalue weighted by Crippen LogP contribution is -2.69. The summed E-state index contributed by atoms with van der Waals surface area (Å²) in [6, 6.07) is 0. The van der Waals surface area contributed by atoms with Crippen molar-refractivity contribution in [3.63, 3.8) is 0 Å². The molecule has 1 N–H and O–H groups in total. The van der Waals surface area contributed by atoms with Gasteiger partial charge in [0.2, 0.25) is 0 Å². The van der Waals surface area contributed by atoms with E-state index in [-0.39, 0.29) is 12.8 Å². The van der Waals surface area contributed by atoms with Gasteiger partial charge in [0.15, 0.2) is 0 Å². The lowest BCUT2D eigenvalue weighted by atomic mass is 9.50. The van der Waals surface area contributed by atoms with Crippen LogP contribution in [0, 0.1) is 29.6 Å². The van der Waals surface area contributed by atoms with E-state index in [9.17, 15) is 31.4 Å². The Labute approximate surface area is 173 Å². The van der Waals surface area contributed by atoms with E-state index in [4.69, 9.17) is 4.74 Å². The predicted octanol–water partition coefficient (Wildman–Crippen LogP) is 6.56. The van der Waals surface area contributed by atoms with Gasteiger partial charge >= 0.3 is 12.4 Å². The van der Waals surface area contributed by atoms with Gasteiger partial charge < -0.3 is 9.84 Å². The second-order valence-corrected chi connectivity index (χ2v) is 9.30. The second-order valence-electron chi connectivity index (χ2n) is 9.30. The molecule has 4 unspecified atom stereocenters. The summed E-state index contributed by atoms with van der Waals surface area (Å²) in [4.78, 5) is 0. The first-order valence-corrected chi connectivity index (χ1v) is 10.7. The van der Waals surface area contributed by atoms with Crippen LogP contribution >= 0.6 is 0 Å². The number of ether oxygens (including phenoxy) is 1. The van der Waals surface area contributed by atoms with Gasteiger partial charge in [0.25, 0.3) is 5.60 Å². The third-order valence-corrected chi connectivity index (χ3v) is 7.62. The summed E-state index contributed by atoms with van der Waals surface area (Å²) in [5.41, 5.74) is -4.13. The Kier molecular flexibility index (Phi) is 6.31. The minimum atomic E-state index is -5.80. The second kappa shape index (κ2) is 8.06. The summed E-state index contributed by atoms with van der Waals surface area (Å²) in [5.74, 6) is -4.35. The molecular formula is C22H30F6O2. The van der Waals surface area contributed by atoms with E-state index >= 15 is 0 Å². The monoisotopic (exact) mass is 440 g/mol. The molecule has 0 amide bonds. The number of hydrogen-bond donors (Lipinski definition) is 1. The molecule has 0 saturated heterocycles. The van der Waals surface area contributed by atoms with Crippen LogP contribution in [0.4, 0.5) is 26.3 Å². The molecule has 8 heteroatoms. The molecule has 172 valence electrons. The van der Waals surface area contributed by atoms with Gasteiger partial charge in [-0.2, -0.15) is 26.3 Å². The molecule has 0 aromatic rings. The van der Waals surface area contributed by atoms with Crippen LogP contribution in [0.25, 0.3) is 0 Å². The first-order valence-electron chi connectivity index (χ1n) is 10.7. The van der Waals surface area contributed by atoms with Gasteiger partial charge in [-0.25, -0.2) is 0 Å². The summed E-state index contributed by atoms with van der Waals surface area (Å²) in [5, 5.41) is 10.4. The highest BCUT2D eigenvalue weighted by atomic mass is 19.4. The minimum Gasteiger partial charge on any atom is -0.490 e. The summed E-state index contributed by atoms with van der Waals surface area (Å²) in [6.45, 7) is 9.33. The Morgan fingerprint density at radius 1 is 0.767 bits per heavy atom. The number of allylic oxidation sites excluding steroid dienone is 1. The van der Waals surface area contributed by atoms with E-state index in [1.54, 1.807) is 6.92 Å². The van der Waals surface area contributed by atoms with Gasteiger partial charge in [-0.3, -0.25) is 0 Å². The highest BCUT2D eigenvalue weighted by Crippen LogP contribution is 2.62.